The summed E-state index contributed by atoms with van der Waals surface area (Å²) < 4.78 is 1.74. The molecule has 4 aromatic rings. The first-order valence-corrected chi connectivity index (χ1v) is 12.8. The molecule has 6 rings (SSSR count). The van der Waals surface area contributed by atoms with Gasteiger partial charge in [-0.25, -0.2) is 14.5 Å². The van der Waals surface area contributed by atoms with Gasteiger partial charge >= 0.3 is 0 Å². The molecule has 2 atom stereocenters. The predicted molar refractivity (Wildman–Crippen MR) is 135 cm³/mol. The van der Waals surface area contributed by atoms with Crippen molar-refractivity contribution in [3.05, 3.63) is 46.3 Å². The fourth-order valence-corrected chi connectivity index (χ4v) is 6.66. The molecule has 4 aromatic heterocycles. The summed E-state index contributed by atoms with van der Waals surface area (Å²) in [7, 11) is 4.19. The molecule has 0 radical (unpaired) electrons. The molecule has 176 valence electrons. The average Bonchev–Trinajstić information content (AvgIpc) is 3.56. The molecule has 0 aromatic carbocycles. The molecule has 1 saturated heterocycles. The van der Waals surface area contributed by atoms with Gasteiger partial charge in [-0.1, -0.05) is 11.6 Å². The van der Waals surface area contributed by atoms with Crippen molar-refractivity contribution in [3.8, 4) is 0 Å². The zero-order valence-electron chi connectivity index (χ0n) is 19.2. The number of aromatic nitrogens is 4. The van der Waals surface area contributed by atoms with Gasteiger partial charge in [-0.05, 0) is 57.5 Å². The van der Waals surface area contributed by atoms with Crippen molar-refractivity contribution in [2.75, 3.05) is 32.5 Å². The van der Waals surface area contributed by atoms with Crippen LogP contribution in [0.3, 0.4) is 0 Å². The van der Waals surface area contributed by atoms with Gasteiger partial charge in [0.1, 0.15) is 17.0 Å². The van der Waals surface area contributed by atoms with Crippen LogP contribution < -0.4 is 5.32 Å². The number of aryl methyl sites for hydroxylation is 1. The van der Waals surface area contributed by atoms with E-state index in [1.54, 1.807) is 34.6 Å². The van der Waals surface area contributed by atoms with Crippen LogP contribution in [0.15, 0.2) is 30.9 Å². The van der Waals surface area contributed by atoms with Gasteiger partial charge in [0, 0.05) is 42.3 Å². The Bertz CT molecular complexity index is 1400. The zero-order valence-corrected chi connectivity index (χ0v) is 20.7. The number of hydrogen-bond acceptors (Lipinski definition) is 7. The summed E-state index contributed by atoms with van der Waals surface area (Å²) in [5, 5.41) is 9.28. The number of thiophene rings is 1. The summed E-state index contributed by atoms with van der Waals surface area (Å²) in [6, 6.07) is 4.36. The summed E-state index contributed by atoms with van der Waals surface area (Å²) >= 11 is 8.20. The number of pyridine rings is 1. The molecule has 1 N–H and O–H groups in total. The van der Waals surface area contributed by atoms with E-state index in [-0.39, 0.29) is 5.92 Å². The highest BCUT2D eigenvalue weighted by Gasteiger charge is 2.35. The zero-order chi connectivity index (χ0) is 23.4. The van der Waals surface area contributed by atoms with Crippen molar-refractivity contribution in [1.29, 1.82) is 0 Å². The Kier molecular flexibility index (Phi) is 5.43. The number of fused-ring (bicyclic) bond motifs is 4. The molecule has 8 nitrogen and oxygen atoms in total. The van der Waals surface area contributed by atoms with Crippen LogP contribution in [0.1, 0.15) is 23.3 Å². The molecule has 1 aliphatic heterocycles. The molecule has 5 heterocycles. The molecule has 0 spiro atoms. The number of halogens is 1. The second-order valence-electron chi connectivity index (χ2n) is 9.40. The number of amides is 1. The number of likely N-dealkylation sites (N-methyl/N-ethyl adjacent to an activating group) is 1. The number of anilines is 2. The van der Waals surface area contributed by atoms with E-state index in [1.807, 2.05) is 12.1 Å². The van der Waals surface area contributed by atoms with Crippen molar-refractivity contribution in [2.24, 2.45) is 5.92 Å². The molecule has 0 bridgehead atoms. The van der Waals surface area contributed by atoms with Gasteiger partial charge in [0.15, 0.2) is 0 Å². The Hall–Kier alpha value is -2.75. The van der Waals surface area contributed by atoms with Crippen LogP contribution >= 0.6 is 22.9 Å². The molecule has 1 amide bonds. The third-order valence-electron chi connectivity index (χ3n) is 7.14. The number of nitrogens with one attached hydrogen (secondary N) is 1. The summed E-state index contributed by atoms with van der Waals surface area (Å²) in [4.78, 5) is 28.9. The molecular weight excluding hydrogens is 470 g/mol. The number of likely N-dealkylation sites (tertiary alicyclic amines) is 1. The van der Waals surface area contributed by atoms with E-state index in [9.17, 15) is 4.79 Å². The van der Waals surface area contributed by atoms with E-state index < -0.39 is 0 Å². The Labute approximate surface area is 206 Å². The summed E-state index contributed by atoms with van der Waals surface area (Å²) in [6.07, 6.45) is 8.67. The SMILES string of the molecule is CN(C)[C@@H]1CCN(C(=O)[C@H]2CCc3c(sc4ncnc(Nc5cc6ccnn6cc5Cl)c34)C2)C1. The average molecular weight is 496 g/mol. The van der Waals surface area contributed by atoms with Crippen molar-refractivity contribution < 1.29 is 4.79 Å². The Morgan fingerprint density at radius 3 is 3.00 bits per heavy atom. The Morgan fingerprint density at radius 1 is 1.29 bits per heavy atom. The molecule has 0 unspecified atom stereocenters. The fraction of sp³-hybridized carbons (Fsp3) is 0.417. The van der Waals surface area contributed by atoms with Gasteiger partial charge in [-0.15, -0.1) is 11.3 Å². The quantitative estimate of drug-likeness (QED) is 0.461. The molecular formula is C24H26ClN7OS. The van der Waals surface area contributed by atoms with Crippen LogP contribution in [0.5, 0.6) is 0 Å². The molecule has 10 heteroatoms. The van der Waals surface area contributed by atoms with E-state index in [0.717, 1.165) is 66.0 Å². The van der Waals surface area contributed by atoms with Crippen LogP contribution in [0.25, 0.3) is 15.7 Å². The highest BCUT2D eigenvalue weighted by atomic mass is 35.5. The van der Waals surface area contributed by atoms with Crippen LogP contribution in [-0.4, -0.2) is 68.5 Å². The van der Waals surface area contributed by atoms with E-state index in [0.29, 0.717) is 17.0 Å². The van der Waals surface area contributed by atoms with Gasteiger partial charge in [0.2, 0.25) is 5.91 Å². The van der Waals surface area contributed by atoms with Crippen LogP contribution in [-0.2, 0) is 17.6 Å². The lowest BCUT2D eigenvalue weighted by atomic mass is 9.87. The first kappa shape index (κ1) is 21.8. The van der Waals surface area contributed by atoms with Crippen molar-refractivity contribution >= 4 is 56.1 Å². The van der Waals surface area contributed by atoms with Crippen LogP contribution in [0, 0.1) is 5.92 Å². The van der Waals surface area contributed by atoms with E-state index in [2.05, 4.69) is 44.3 Å². The highest BCUT2D eigenvalue weighted by molar-refractivity contribution is 7.19. The maximum Gasteiger partial charge on any atom is 0.226 e. The monoisotopic (exact) mass is 495 g/mol. The number of rotatable bonds is 4. The molecule has 34 heavy (non-hydrogen) atoms. The molecule has 1 fully saturated rings. The Morgan fingerprint density at radius 2 is 2.18 bits per heavy atom. The first-order valence-electron chi connectivity index (χ1n) is 11.6. The lowest BCUT2D eigenvalue weighted by Gasteiger charge is -2.27. The predicted octanol–water partition coefficient (Wildman–Crippen LogP) is 4.00. The summed E-state index contributed by atoms with van der Waals surface area (Å²) in [5.41, 5.74) is 2.99. The molecule has 2 aliphatic rings. The number of hydrogen-bond donors (Lipinski definition) is 1. The number of carbonyl (C=O) groups is 1. The van der Waals surface area contributed by atoms with Crippen molar-refractivity contribution in [1.82, 2.24) is 29.4 Å². The fourth-order valence-electron chi connectivity index (χ4n) is 5.20. The minimum absolute atomic E-state index is 0.0459. The van der Waals surface area contributed by atoms with E-state index in [1.165, 1.54) is 10.4 Å². The number of carbonyl (C=O) groups excluding carboxylic acids is 1. The highest BCUT2D eigenvalue weighted by Crippen LogP contribution is 2.41. The minimum atomic E-state index is 0.0459. The Balaban J connectivity index is 1.27. The van der Waals surface area contributed by atoms with Crippen molar-refractivity contribution in [2.45, 2.75) is 31.7 Å². The first-order chi connectivity index (χ1) is 16.5. The second-order valence-corrected chi connectivity index (χ2v) is 10.9. The lowest BCUT2D eigenvalue weighted by Crippen LogP contribution is -2.39. The second kappa shape index (κ2) is 8.48. The van der Waals surface area contributed by atoms with Gasteiger partial charge in [0.05, 0.1) is 21.6 Å². The van der Waals surface area contributed by atoms with E-state index in [4.69, 9.17) is 11.6 Å². The maximum absolute atomic E-state index is 13.3. The smallest absolute Gasteiger partial charge is 0.226 e. The largest absolute Gasteiger partial charge is 0.341 e. The van der Waals surface area contributed by atoms with Crippen molar-refractivity contribution in [3.63, 3.8) is 0 Å². The van der Waals surface area contributed by atoms with Gasteiger partial charge in [-0.3, -0.25) is 4.79 Å². The minimum Gasteiger partial charge on any atom is -0.341 e. The van der Waals surface area contributed by atoms with Gasteiger partial charge < -0.3 is 15.1 Å². The standard InChI is InChI=1S/C24H26ClN7OS/c1-30(2)16-6-8-31(11-16)24(33)14-3-4-17-20(9-14)34-23-21(17)22(26-13-27-23)29-19-10-15-5-7-28-32(15)12-18(19)25/h5,7,10,12-14,16H,3-4,6,8-9,11H2,1-2H3,(H,26,27,29)/t14-,16+/m0/s1. The topological polar surface area (TPSA) is 78.7 Å². The third-order valence-corrected chi connectivity index (χ3v) is 8.60. The molecule has 1 aliphatic carbocycles. The van der Waals surface area contributed by atoms with Gasteiger partial charge in [-0.2, -0.15) is 5.10 Å². The lowest BCUT2D eigenvalue weighted by molar-refractivity contribution is -0.134. The molecule has 0 saturated carbocycles. The van der Waals surface area contributed by atoms with Crippen LogP contribution in [0.2, 0.25) is 5.02 Å². The normalized spacial score (nSPS) is 20.4. The summed E-state index contributed by atoms with van der Waals surface area (Å²) in [5.74, 6) is 1.11. The van der Waals surface area contributed by atoms with E-state index >= 15 is 0 Å². The maximum atomic E-state index is 13.3. The number of nitrogens with zero attached hydrogens (tertiary/aromatic N) is 6. The third kappa shape index (κ3) is 3.72. The van der Waals surface area contributed by atoms with Crippen LogP contribution in [0.4, 0.5) is 11.5 Å². The summed E-state index contributed by atoms with van der Waals surface area (Å²) in [6.45, 7) is 1.70. The van der Waals surface area contributed by atoms with Gasteiger partial charge in [0.25, 0.3) is 0 Å².